The molecule has 0 aliphatic carbocycles. The van der Waals surface area contributed by atoms with Crippen molar-refractivity contribution in [2.75, 3.05) is 6.61 Å². The predicted octanol–water partition coefficient (Wildman–Crippen LogP) is 13.9. The van der Waals surface area contributed by atoms with E-state index in [-0.39, 0.29) is 5.75 Å². The lowest BCUT2D eigenvalue weighted by atomic mass is 10.0. The summed E-state index contributed by atoms with van der Waals surface area (Å²) >= 11 is 0. The van der Waals surface area contributed by atoms with Gasteiger partial charge in [0.2, 0.25) is 0 Å². The van der Waals surface area contributed by atoms with Crippen molar-refractivity contribution in [3.05, 3.63) is 59.9 Å². The van der Waals surface area contributed by atoms with E-state index in [0.717, 1.165) is 36.5 Å². The fourth-order valence-corrected chi connectivity index (χ4v) is 6.77. The summed E-state index contributed by atoms with van der Waals surface area (Å²) in [6.45, 7) is 6.52. The first-order valence-electron chi connectivity index (χ1n) is 21.8. The number of phenolic OH excluding ortho intramolecular Hbond substituents is 1. The van der Waals surface area contributed by atoms with Gasteiger partial charge in [-0.25, -0.2) is 0 Å². The highest BCUT2D eigenvalue weighted by Crippen LogP contribution is 2.25. The van der Waals surface area contributed by atoms with Crippen molar-refractivity contribution in [1.82, 2.24) is 15.0 Å². The monoisotopic (exact) mass is 731 g/mol. The van der Waals surface area contributed by atoms with Gasteiger partial charge >= 0.3 is 0 Å². The van der Waals surface area contributed by atoms with Crippen LogP contribution in [0.5, 0.6) is 17.2 Å². The van der Waals surface area contributed by atoms with Crippen molar-refractivity contribution in [2.45, 2.75) is 194 Å². The SMILES string of the molecule is CCCCCCCCCCCCCCCCOc1ccc(C=Nc2ccc(OCc3cn(CCCCCCCCCCCCCC)nn3)cc2)c(O)c1. The highest BCUT2D eigenvalue weighted by atomic mass is 16.5. The molecule has 1 aromatic heterocycles. The van der Waals surface area contributed by atoms with E-state index >= 15 is 0 Å². The van der Waals surface area contributed by atoms with Crippen LogP contribution in [0.4, 0.5) is 5.69 Å². The first-order chi connectivity index (χ1) is 26.2. The van der Waals surface area contributed by atoms with E-state index in [1.807, 2.05) is 47.3 Å². The number of hydrogen-bond acceptors (Lipinski definition) is 6. The van der Waals surface area contributed by atoms with E-state index in [2.05, 4.69) is 29.2 Å². The van der Waals surface area contributed by atoms with Crippen molar-refractivity contribution in [2.24, 2.45) is 4.99 Å². The molecule has 7 heteroatoms. The molecule has 0 aliphatic rings. The van der Waals surface area contributed by atoms with Crippen LogP contribution >= 0.6 is 0 Å². The van der Waals surface area contributed by atoms with Gasteiger partial charge in [0.1, 0.15) is 29.5 Å². The van der Waals surface area contributed by atoms with Crippen LogP contribution in [0, 0.1) is 0 Å². The summed E-state index contributed by atoms with van der Waals surface area (Å²) in [5, 5.41) is 19.1. The van der Waals surface area contributed by atoms with Gasteiger partial charge in [-0.15, -0.1) is 5.10 Å². The summed E-state index contributed by atoms with van der Waals surface area (Å²) in [6, 6.07) is 13.0. The number of unbranched alkanes of at least 4 members (excludes halogenated alkanes) is 24. The zero-order valence-electron chi connectivity index (χ0n) is 33.8. The van der Waals surface area contributed by atoms with E-state index < -0.39 is 0 Å². The Labute approximate surface area is 323 Å². The van der Waals surface area contributed by atoms with Crippen molar-refractivity contribution in [3.8, 4) is 17.2 Å². The quantitative estimate of drug-likeness (QED) is 0.0489. The molecule has 0 aliphatic heterocycles. The van der Waals surface area contributed by atoms with Crippen LogP contribution in [0.3, 0.4) is 0 Å². The Morgan fingerprint density at radius 3 is 1.60 bits per heavy atom. The van der Waals surface area contributed by atoms with Gasteiger partial charge in [-0.2, -0.15) is 0 Å². The van der Waals surface area contributed by atoms with Crippen molar-refractivity contribution in [3.63, 3.8) is 0 Å². The average molecular weight is 731 g/mol. The van der Waals surface area contributed by atoms with Crippen LogP contribution in [-0.2, 0) is 13.2 Å². The highest BCUT2D eigenvalue weighted by Gasteiger charge is 2.05. The van der Waals surface area contributed by atoms with Gasteiger partial charge in [0.25, 0.3) is 0 Å². The Morgan fingerprint density at radius 1 is 0.585 bits per heavy atom. The Bertz CT molecular complexity index is 1320. The van der Waals surface area contributed by atoms with Gasteiger partial charge in [-0.1, -0.05) is 173 Å². The van der Waals surface area contributed by atoms with Crippen molar-refractivity contribution >= 4 is 11.9 Å². The predicted molar refractivity (Wildman–Crippen MR) is 223 cm³/mol. The highest BCUT2D eigenvalue weighted by molar-refractivity contribution is 5.85. The maximum absolute atomic E-state index is 10.5. The maximum atomic E-state index is 10.5. The van der Waals surface area contributed by atoms with Crippen molar-refractivity contribution in [1.29, 1.82) is 0 Å². The minimum Gasteiger partial charge on any atom is -0.507 e. The Kier molecular flexibility index (Phi) is 25.0. The molecule has 0 spiro atoms. The van der Waals surface area contributed by atoms with Gasteiger partial charge in [0.15, 0.2) is 0 Å². The number of aromatic nitrogens is 3. The third-order valence-electron chi connectivity index (χ3n) is 10.2. The Hall–Kier alpha value is -3.35. The summed E-state index contributed by atoms with van der Waals surface area (Å²) in [4.78, 5) is 4.54. The van der Waals surface area contributed by atoms with E-state index in [9.17, 15) is 5.11 Å². The van der Waals surface area contributed by atoms with E-state index in [0.29, 0.717) is 24.5 Å². The number of rotatable bonds is 34. The summed E-state index contributed by atoms with van der Waals surface area (Å²) in [7, 11) is 0. The number of phenols is 1. The van der Waals surface area contributed by atoms with Gasteiger partial charge in [0, 0.05) is 24.4 Å². The molecule has 0 unspecified atom stereocenters. The molecule has 7 nitrogen and oxygen atoms in total. The van der Waals surface area contributed by atoms with E-state index in [4.69, 9.17) is 9.47 Å². The summed E-state index contributed by atoms with van der Waals surface area (Å²) in [5.41, 5.74) is 2.26. The van der Waals surface area contributed by atoms with E-state index in [1.165, 1.54) is 154 Å². The maximum Gasteiger partial charge on any atom is 0.134 e. The zero-order chi connectivity index (χ0) is 37.4. The number of benzene rings is 2. The topological polar surface area (TPSA) is 81.8 Å². The third-order valence-corrected chi connectivity index (χ3v) is 10.2. The fraction of sp³-hybridized carbons (Fsp3) is 0.674. The second-order valence-electron chi connectivity index (χ2n) is 15.1. The minimum absolute atomic E-state index is 0.166. The number of aryl methyl sites for hydroxylation is 1. The molecule has 0 saturated carbocycles. The van der Waals surface area contributed by atoms with Crippen LogP contribution in [0.1, 0.15) is 192 Å². The molecule has 1 heterocycles. The second kappa shape index (κ2) is 30.0. The molecule has 0 saturated heterocycles. The molecule has 3 aromatic rings. The molecular weight excluding hydrogens is 657 g/mol. The molecular formula is C46H74N4O3. The summed E-state index contributed by atoms with van der Waals surface area (Å²) < 4.78 is 13.8. The molecule has 53 heavy (non-hydrogen) atoms. The molecule has 0 fully saturated rings. The largest absolute Gasteiger partial charge is 0.507 e. The normalized spacial score (nSPS) is 11.5. The van der Waals surface area contributed by atoms with Gasteiger partial charge in [0.05, 0.1) is 18.5 Å². The van der Waals surface area contributed by atoms with Gasteiger partial charge in [-0.05, 0) is 49.2 Å². The van der Waals surface area contributed by atoms with Crippen LogP contribution in [-0.4, -0.2) is 32.9 Å². The smallest absolute Gasteiger partial charge is 0.134 e. The first-order valence-corrected chi connectivity index (χ1v) is 21.8. The number of aliphatic imine (C=N–C) groups is 1. The van der Waals surface area contributed by atoms with Crippen LogP contribution < -0.4 is 9.47 Å². The number of hydrogen-bond donors (Lipinski definition) is 1. The third kappa shape index (κ3) is 21.8. The Balaban J connectivity index is 1.20. The molecule has 296 valence electrons. The second-order valence-corrected chi connectivity index (χ2v) is 15.1. The van der Waals surface area contributed by atoms with Crippen molar-refractivity contribution < 1.29 is 14.6 Å². The number of aromatic hydroxyl groups is 1. The summed E-state index contributed by atoms with van der Waals surface area (Å²) in [5.74, 6) is 1.61. The lowest BCUT2D eigenvalue weighted by molar-refractivity contribution is 0.301. The molecule has 0 amide bonds. The number of ether oxygens (including phenoxy) is 2. The summed E-state index contributed by atoms with van der Waals surface area (Å²) in [6.07, 6.45) is 38.6. The van der Waals surface area contributed by atoms with Gasteiger partial charge in [-0.3, -0.25) is 9.67 Å². The lowest BCUT2D eigenvalue weighted by Crippen LogP contribution is -1.98. The zero-order valence-corrected chi connectivity index (χ0v) is 33.8. The van der Waals surface area contributed by atoms with Gasteiger partial charge < -0.3 is 14.6 Å². The van der Waals surface area contributed by atoms with Crippen LogP contribution in [0.15, 0.2) is 53.7 Å². The molecule has 0 bridgehead atoms. The average Bonchev–Trinajstić information content (AvgIpc) is 3.63. The number of nitrogens with zero attached hydrogens (tertiary/aromatic N) is 4. The molecule has 1 N–H and O–H groups in total. The van der Waals surface area contributed by atoms with E-state index in [1.54, 1.807) is 12.3 Å². The standard InChI is InChI=1S/C46H74N4O3/c1-3-5-7-9-11-13-15-17-18-20-22-24-26-28-36-52-45-32-29-41(46(51)37-45)38-47-42-30-33-44(34-31-42)53-40-43-39-50(49-48-43)35-27-25-23-21-19-16-14-12-10-8-6-4-2/h29-34,37-39,51H,3-28,35-36,40H2,1-2H3. The fourth-order valence-electron chi connectivity index (χ4n) is 6.77. The van der Waals surface area contributed by atoms with Crippen LogP contribution in [0.2, 0.25) is 0 Å². The van der Waals surface area contributed by atoms with Crippen LogP contribution in [0.25, 0.3) is 0 Å². The molecule has 0 radical (unpaired) electrons. The Morgan fingerprint density at radius 2 is 1.08 bits per heavy atom. The lowest BCUT2D eigenvalue weighted by Gasteiger charge is -2.08. The molecule has 0 atom stereocenters. The minimum atomic E-state index is 0.166. The molecule has 2 aromatic carbocycles. The first kappa shape index (κ1) is 44.0. The molecule has 3 rings (SSSR count).